The van der Waals surface area contributed by atoms with Crippen molar-refractivity contribution in [2.45, 2.75) is 20.3 Å². The van der Waals surface area contributed by atoms with Crippen LogP contribution in [-0.4, -0.2) is 5.78 Å². The Labute approximate surface area is 106 Å². The molecule has 0 N–H and O–H groups in total. The smallest absolute Gasteiger partial charge is 0.167 e. The zero-order valence-corrected chi connectivity index (χ0v) is 10.5. The lowest BCUT2D eigenvalue weighted by Crippen LogP contribution is -2.04. The quantitative estimate of drug-likeness (QED) is 0.747. The molecule has 0 unspecified atom stereocenters. The summed E-state index contributed by atoms with van der Waals surface area (Å²) in [5.74, 6) is -0.217. The van der Waals surface area contributed by atoms with Gasteiger partial charge < -0.3 is 0 Å². The van der Waals surface area contributed by atoms with Crippen LogP contribution in [0.3, 0.4) is 0 Å². The summed E-state index contributed by atoms with van der Waals surface area (Å²) >= 11 is 0. The minimum atomic E-state index is -0.280. The summed E-state index contributed by atoms with van der Waals surface area (Å²) in [7, 11) is 0. The highest BCUT2D eigenvalue weighted by Crippen LogP contribution is 2.13. The minimum Gasteiger partial charge on any atom is -0.294 e. The summed E-state index contributed by atoms with van der Waals surface area (Å²) in [6.07, 6.45) is 0.309. The third-order valence-electron chi connectivity index (χ3n) is 2.82. The second-order valence-electron chi connectivity index (χ2n) is 4.60. The lowest BCUT2D eigenvalue weighted by atomic mass is 9.99. The molecule has 0 bridgehead atoms. The molecule has 18 heavy (non-hydrogen) atoms. The highest BCUT2D eigenvalue weighted by Gasteiger charge is 2.08. The first-order valence-electron chi connectivity index (χ1n) is 5.90. The van der Waals surface area contributed by atoms with Crippen LogP contribution in [0.5, 0.6) is 0 Å². The molecular weight excluding hydrogens is 227 g/mol. The maximum atomic E-state index is 12.8. The van der Waals surface area contributed by atoms with Crippen molar-refractivity contribution in [2.24, 2.45) is 0 Å². The molecule has 0 spiro atoms. The van der Waals surface area contributed by atoms with E-state index >= 15 is 0 Å². The van der Waals surface area contributed by atoms with E-state index in [4.69, 9.17) is 0 Å². The lowest BCUT2D eigenvalue weighted by molar-refractivity contribution is 0.0993. The zero-order valence-electron chi connectivity index (χ0n) is 10.5. The van der Waals surface area contributed by atoms with E-state index in [1.807, 2.05) is 32.0 Å². The summed E-state index contributed by atoms with van der Waals surface area (Å²) in [6, 6.07) is 11.9. The van der Waals surface area contributed by atoms with Gasteiger partial charge in [-0.25, -0.2) is 4.39 Å². The van der Waals surface area contributed by atoms with Crippen molar-refractivity contribution in [2.75, 3.05) is 0 Å². The van der Waals surface area contributed by atoms with Gasteiger partial charge in [0.15, 0.2) is 5.78 Å². The molecule has 0 saturated carbocycles. The number of hydrogen-bond donors (Lipinski definition) is 0. The van der Waals surface area contributed by atoms with Gasteiger partial charge in [0, 0.05) is 12.0 Å². The highest BCUT2D eigenvalue weighted by atomic mass is 19.1. The van der Waals surface area contributed by atoms with E-state index in [9.17, 15) is 9.18 Å². The van der Waals surface area contributed by atoms with E-state index in [2.05, 4.69) is 0 Å². The molecule has 0 aliphatic rings. The van der Waals surface area contributed by atoms with Gasteiger partial charge in [0.05, 0.1) is 0 Å². The van der Waals surface area contributed by atoms with Crippen LogP contribution in [0.4, 0.5) is 4.39 Å². The van der Waals surface area contributed by atoms with Gasteiger partial charge >= 0.3 is 0 Å². The summed E-state index contributed by atoms with van der Waals surface area (Å²) in [4.78, 5) is 12.1. The molecule has 2 heteroatoms. The molecule has 0 saturated heterocycles. The molecule has 0 aliphatic carbocycles. The number of halogens is 1. The van der Waals surface area contributed by atoms with E-state index in [-0.39, 0.29) is 11.6 Å². The average molecular weight is 242 g/mol. The number of Topliss-reactive ketones (excluding diaryl/α,β-unsaturated/α-hetero) is 1. The molecule has 92 valence electrons. The normalized spacial score (nSPS) is 10.4. The Kier molecular flexibility index (Phi) is 3.56. The second kappa shape index (κ2) is 5.13. The van der Waals surface area contributed by atoms with Gasteiger partial charge in [-0.15, -0.1) is 0 Å². The van der Waals surface area contributed by atoms with Gasteiger partial charge in [-0.3, -0.25) is 4.79 Å². The third kappa shape index (κ3) is 3.04. The molecule has 0 heterocycles. The maximum absolute atomic E-state index is 12.8. The summed E-state index contributed by atoms with van der Waals surface area (Å²) in [5, 5.41) is 0. The van der Waals surface area contributed by atoms with Gasteiger partial charge in [0.25, 0.3) is 0 Å². The third-order valence-corrected chi connectivity index (χ3v) is 2.82. The molecule has 0 aromatic heterocycles. The van der Waals surface area contributed by atoms with Crippen LogP contribution in [0.2, 0.25) is 0 Å². The van der Waals surface area contributed by atoms with Crippen LogP contribution in [-0.2, 0) is 6.42 Å². The molecule has 0 radical (unpaired) electrons. The van der Waals surface area contributed by atoms with Crippen molar-refractivity contribution in [3.8, 4) is 0 Å². The Hall–Kier alpha value is -1.96. The van der Waals surface area contributed by atoms with Gasteiger partial charge in [0.2, 0.25) is 0 Å². The van der Waals surface area contributed by atoms with E-state index in [0.717, 1.165) is 22.3 Å². The molecule has 0 aliphatic heterocycles. The van der Waals surface area contributed by atoms with Crippen molar-refractivity contribution >= 4 is 5.78 Å². The van der Waals surface area contributed by atoms with Crippen molar-refractivity contribution in [1.82, 2.24) is 0 Å². The van der Waals surface area contributed by atoms with Gasteiger partial charge in [-0.1, -0.05) is 29.3 Å². The predicted octanol–water partition coefficient (Wildman–Crippen LogP) is 3.87. The standard InChI is InChI=1S/C16H15FO/c1-11-7-12(2)9-14(8-11)16(18)10-13-3-5-15(17)6-4-13/h3-9H,10H2,1-2H3. The van der Waals surface area contributed by atoms with E-state index in [1.165, 1.54) is 12.1 Å². The van der Waals surface area contributed by atoms with Crippen LogP contribution in [0.15, 0.2) is 42.5 Å². The molecule has 0 amide bonds. The fraction of sp³-hybridized carbons (Fsp3) is 0.188. The van der Waals surface area contributed by atoms with Crippen molar-refractivity contribution in [3.63, 3.8) is 0 Å². The van der Waals surface area contributed by atoms with Crippen LogP contribution in [0, 0.1) is 19.7 Å². The number of carbonyl (C=O) groups is 1. The van der Waals surface area contributed by atoms with E-state index in [1.54, 1.807) is 12.1 Å². The molecular formula is C16H15FO. The van der Waals surface area contributed by atoms with Crippen LogP contribution in [0.25, 0.3) is 0 Å². The number of benzene rings is 2. The summed E-state index contributed by atoms with van der Waals surface area (Å²) in [5.41, 5.74) is 3.72. The number of aryl methyl sites for hydroxylation is 2. The van der Waals surface area contributed by atoms with E-state index in [0.29, 0.717) is 6.42 Å². The van der Waals surface area contributed by atoms with Crippen LogP contribution in [0.1, 0.15) is 27.0 Å². The van der Waals surface area contributed by atoms with E-state index < -0.39 is 0 Å². The van der Waals surface area contributed by atoms with Gasteiger partial charge in [-0.2, -0.15) is 0 Å². The second-order valence-corrected chi connectivity index (χ2v) is 4.60. The average Bonchev–Trinajstić information content (AvgIpc) is 2.31. The molecule has 2 rings (SSSR count). The van der Waals surface area contributed by atoms with Crippen LogP contribution >= 0.6 is 0 Å². The number of carbonyl (C=O) groups excluding carboxylic acids is 1. The van der Waals surface area contributed by atoms with Gasteiger partial charge in [0.1, 0.15) is 5.82 Å². The Morgan fingerprint density at radius 2 is 1.56 bits per heavy atom. The monoisotopic (exact) mass is 242 g/mol. The summed E-state index contributed by atoms with van der Waals surface area (Å²) in [6.45, 7) is 3.95. The Morgan fingerprint density at radius 3 is 2.11 bits per heavy atom. The van der Waals surface area contributed by atoms with Crippen LogP contribution < -0.4 is 0 Å². The van der Waals surface area contributed by atoms with Crippen molar-refractivity contribution in [3.05, 3.63) is 70.5 Å². The molecule has 1 nitrogen and oxygen atoms in total. The first-order valence-corrected chi connectivity index (χ1v) is 5.90. The SMILES string of the molecule is Cc1cc(C)cc(C(=O)Cc2ccc(F)cc2)c1. The largest absolute Gasteiger partial charge is 0.294 e. The lowest BCUT2D eigenvalue weighted by Gasteiger charge is -2.04. The Bertz CT molecular complexity index is 550. The number of hydrogen-bond acceptors (Lipinski definition) is 1. The van der Waals surface area contributed by atoms with Crippen molar-refractivity contribution in [1.29, 1.82) is 0 Å². The summed E-state index contributed by atoms with van der Waals surface area (Å²) < 4.78 is 12.8. The number of rotatable bonds is 3. The molecule has 0 atom stereocenters. The Balaban J connectivity index is 2.19. The molecule has 2 aromatic carbocycles. The fourth-order valence-corrected chi connectivity index (χ4v) is 2.03. The predicted molar refractivity (Wildman–Crippen MR) is 70.4 cm³/mol. The zero-order chi connectivity index (χ0) is 13.1. The highest BCUT2D eigenvalue weighted by molar-refractivity contribution is 5.97. The fourth-order valence-electron chi connectivity index (χ4n) is 2.03. The first-order chi connectivity index (χ1) is 8.54. The Morgan fingerprint density at radius 1 is 1.00 bits per heavy atom. The van der Waals surface area contributed by atoms with Crippen molar-refractivity contribution < 1.29 is 9.18 Å². The first kappa shape index (κ1) is 12.5. The maximum Gasteiger partial charge on any atom is 0.167 e. The number of ketones is 1. The topological polar surface area (TPSA) is 17.1 Å². The van der Waals surface area contributed by atoms with Gasteiger partial charge in [-0.05, 0) is 43.7 Å². The molecule has 0 fully saturated rings. The minimum absolute atomic E-state index is 0.0633. The molecule has 2 aromatic rings.